The third-order valence-electron chi connectivity index (χ3n) is 4.79. The van der Waals surface area contributed by atoms with E-state index in [1.165, 1.54) is 6.07 Å². The van der Waals surface area contributed by atoms with Gasteiger partial charge in [-0.25, -0.2) is 4.39 Å². The van der Waals surface area contributed by atoms with Gasteiger partial charge in [0.05, 0.1) is 6.67 Å². The van der Waals surface area contributed by atoms with Crippen LogP contribution in [0.1, 0.15) is 23.2 Å². The number of hydrogen-bond donors (Lipinski definition) is 1. The SMILES string of the molecule is O=C(NCC1(CF)CCOCC1)c1ccc(-c2ccccc2F)cc1. The van der Waals surface area contributed by atoms with E-state index in [1.54, 1.807) is 42.5 Å². The van der Waals surface area contributed by atoms with Crippen molar-refractivity contribution in [1.29, 1.82) is 0 Å². The standard InChI is InChI=1S/C20H21F2NO2/c21-13-20(9-11-25-12-10-20)14-23-19(24)16-7-5-15(6-8-16)17-3-1-2-4-18(17)22/h1-8H,9-14H2,(H,23,24). The Morgan fingerprint density at radius 1 is 1.08 bits per heavy atom. The van der Waals surface area contributed by atoms with Gasteiger partial charge < -0.3 is 10.1 Å². The molecular weight excluding hydrogens is 324 g/mol. The predicted octanol–water partition coefficient (Wildman–Crippen LogP) is 3.99. The first-order valence-electron chi connectivity index (χ1n) is 8.40. The monoisotopic (exact) mass is 345 g/mol. The highest BCUT2D eigenvalue weighted by Crippen LogP contribution is 2.30. The highest BCUT2D eigenvalue weighted by molar-refractivity contribution is 5.94. The van der Waals surface area contributed by atoms with Crippen LogP contribution in [0.2, 0.25) is 0 Å². The van der Waals surface area contributed by atoms with Crippen LogP contribution in [-0.2, 0) is 4.74 Å². The smallest absolute Gasteiger partial charge is 0.251 e. The minimum Gasteiger partial charge on any atom is -0.381 e. The van der Waals surface area contributed by atoms with Gasteiger partial charge in [-0.1, -0.05) is 30.3 Å². The molecule has 1 amide bonds. The lowest BCUT2D eigenvalue weighted by Gasteiger charge is -2.34. The number of amides is 1. The van der Waals surface area contributed by atoms with Crippen LogP contribution in [0.4, 0.5) is 8.78 Å². The molecule has 0 aliphatic carbocycles. The van der Waals surface area contributed by atoms with Gasteiger partial charge in [0, 0.05) is 36.3 Å². The van der Waals surface area contributed by atoms with Gasteiger partial charge in [0.25, 0.3) is 5.91 Å². The Morgan fingerprint density at radius 3 is 2.40 bits per heavy atom. The first-order valence-corrected chi connectivity index (χ1v) is 8.40. The second-order valence-electron chi connectivity index (χ2n) is 6.49. The van der Waals surface area contributed by atoms with Gasteiger partial charge in [0.2, 0.25) is 0 Å². The Morgan fingerprint density at radius 2 is 1.76 bits per heavy atom. The van der Waals surface area contributed by atoms with Crippen molar-refractivity contribution >= 4 is 5.91 Å². The van der Waals surface area contributed by atoms with Gasteiger partial charge in [-0.3, -0.25) is 9.18 Å². The maximum atomic E-state index is 13.8. The summed E-state index contributed by atoms with van der Waals surface area (Å²) in [5.41, 5.74) is 1.15. The molecule has 1 fully saturated rings. The summed E-state index contributed by atoms with van der Waals surface area (Å²) >= 11 is 0. The lowest BCUT2D eigenvalue weighted by atomic mass is 9.81. The van der Waals surface area contributed by atoms with E-state index in [-0.39, 0.29) is 11.7 Å². The Kier molecular flexibility index (Phi) is 5.43. The van der Waals surface area contributed by atoms with E-state index in [4.69, 9.17) is 4.74 Å². The van der Waals surface area contributed by atoms with E-state index in [1.807, 2.05) is 0 Å². The minimum atomic E-state index is -0.527. The molecule has 1 aliphatic heterocycles. The second-order valence-corrected chi connectivity index (χ2v) is 6.49. The molecule has 1 saturated heterocycles. The molecule has 2 aromatic carbocycles. The molecule has 5 heteroatoms. The third-order valence-corrected chi connectivity index (χ3v) is 4.79. The molecule has 132 valence electrons. The van der Waals surface area contributed by atoms with Crippen molar-refractivity contribution in [2.45, 2.75) is 12.8 Å². The summed E-state index contributed by atoms with van der Waals surface area (Å²) in [4.78, 5) is 12.3. The molecule has 3 rings (SSSR count). The first kappa shape index (κ1) is 17.5. The van der Waals surface area contributed by atoms with Crippen LogP contribution in [0.25, 0.3) is 11.1 Å². The van der Waals surface area contributed by atoms with Crippen LogP contribution in [0.3, 0.4) is 0 Å². The van der Waals surface area contributed by atoms with Gasteiger partial charge in [0.1, 0.15) is 5.82 Å². The van der Waals surface area contributed by atoms with E-state index in [0.29, 0.717) is 49.3 Å². The zero-order valence-electron chi connectivity index (χ0n) is 13.9. The minimum absolute atomic E-state index is 0.251. The van der Waals surface area contributed by atoms with E-state index >= 15 is 0 Å². The summed E-state index contributed by atoms with van der Waals surface area (Å²) < 4.78 is 32.5. The van der Waals surface area contributed by atoms with Crippen LogP contribution < -0.4 is 5.32 Å². The first-order chi connectivity index (χ1) is 12.1. The van der Waals surface area contributed by atoms with Crippen molar-refractivity contribution < 1.29 is 18.3 Å². The number of hydrogen-bond acceptors (Lipinski definition) is 2. The lowest BCUT2D eigenvalue weighted by molar-refractivity contribution is 0.00261. The number of nitrogens with one attached hydrogen (secondary N) is 1. The molecule has 0 spiro atoms. The van der Waals surface area contributed by atoms with E-state index in [2.05, 4.69) is 5.32 Å². The summed E-state index contributed by atoms with van der Waals surface area (Å²) in [6, 6.07) is 13.2. The number of carbonyl (C=O) groups excluding carboxylic acids is 1. The quantitative estimate of drug-likeness (QED) is 0.890. The number of rotatable bonds is 5. The molecule has 1 aliphatic rings. The molecule has 0 aromatic heterocycles. The van der Waals surface area contributed by atoms with Gasteiger partial charge in [-0.15, -0.1) is 0 Å². The summed E-state index contributed by atoms with van der Waals surface area (Å²) in [5.74, 6) is -0.552. The Hall–Kier alpha value is -2.27. The maximum Gasteiger partial charge on any atom is 0.251 e. The molecule has 0 radical (unpaired) electrons. The maximum absolute atomic E-state index is 13.8. The van der Waals surface area contributed by atoms with Crippen molar-refractivity contribution in [1.82, 2.24) is 5.32 Å². The molecule has 0 bridgehead atoms. The van der Waals surface area contributed by atoms with Crippen LogP contribution in [-0.4, -0.2) is 32.3 Å². The van der Waals surface area contributed by atoms with Crippen LogP contribution in [0.5, 0.6) is 0 Å². The fourth-order valence-electron chi connectivity index (χ4n) is 3.03. The van der Waals surface area contributed by atoms with E-state index in [0.717, 1.165) is 0 Å². The topological polar surface area (TPSA) is 38.3 Å². The average Bonchev–Trinajstić information content (AvgIpc) is 2.67. The van der Waals surface area contributed by atoms with Crippen molar-refractivity contribution in [3.63, 3.8) is 0 Å². The predicted molar refractivity (Wildman–Crippen MR) is 92.6 cm³/mol. The zero-order chi connectivity index (χ0) is 17.7. The summed E-state index contributed by atoms with van der Waals surface area (Å²) in [6.07, 6.45) is 1.21. The van der Waals surface area contributed by atoms with Crippen molar-refractivity contribution in [3.05, 3.63) is 59.9 Å². The molecule has 2 aromatic rings. The summed E-state index contributed by atoms with van der Waals surface area (Å²) in [5, 5.41) is 2.82. The van der Waals surface area contributed by atoms with Gasteiger partial charge in [-0.05, 0) is 36.6 Å². The van der Waals surface area contributed by atoms with Crippen molar-refractivity contribution in [3.8, 4) is 11.1 Å². The van der Waals surface area contributed by atoms with E-state index < -0.39 is 12.1 Å². The highest BCUT2D eigenvalue weighted by Gasteiger charge is 2.33. The van der Waals surface area contributed by atoms with Gasteiger partial charge in [0.15, 0.2) is 0 Å². The Balaban J connectivity index is 1.66. The number of carbonyl (C=O) groups is 1. The molecule has 0 saturated carbocycles. The summed E-state index contributed by atoms with van der Waals surface area (Å²) in [7, 11) is 0. The fourth-order valence-corrected chi connectivity index (χ4v) is 3.03. The molecule has 1 heterocycles. The van der Waals surface area contributed by atoms with Crippen LogP contribution in [0.15, 0.2) is 48.5 Å². The summed E-state index contributed by atoms with van der Waals surface area (Å²) in [6.45, 7) is 0.873. The van der Waals surface area contributed by atoms with Crippen LogP contribution in [0, 0.1) is 11.2 Å². The normalized spacial score (nSPS) is 16.4. The fraction of sp³-hybridized carbons (Fsp3) is 0.350. The average molecular weight is 345 g/mol. The molecule has 1 N–H and O–H groups in total. The molecule has 25 heavy (non-hydrogen) atoms. The van der Waals surface area contributed by atoms with Crippen molar-refractivity contribution in [2.24, 2.45) is 5.41 Å². The lowest BCUT2D eigenvalue weighted by Crippen LogP contribution is -2.42. The number of halogens is 2. The number of ether oxygens (including phenoxy) is 1. The Bertz CT molecular complexity index is 725. The van der Waals surface area contributed by atoms with Crippen LogP contribution >= 0.6 is 0 Å². The van der Waals surface area contributed by atoms with E-state index in [9.17, 15) is 13.6 Å². The zero-order valence-corrected chi connectivity index (χ0v) is 13.9. The molecule has 0 atom stereocenters. The molecule has 0 unspecified atom stereocenters. The number of alkyl halides is 1. The molecular formula is C20H21F2NO2. The molecule has 3 nitrogen and oxygen atoms in total. The van der Waals surface area contributed by atoms with Crippen molar-refractivity contribution in [2.75, 3.05) is 26.4 Å². The van der Waals surface area contributed by atoms with Gasteiger partial charge >= 0.3 is 0 Å². The highest BCUT2D eigenvalue weighted by atomic mass is 19.1. The van der Waals surface area contributed by atoms with Gasteiger partial charge in [-0.2, -0.15) is 0 Å². The number of benzene rings is 2. The Labute approximate surface area is 146 Å². The third kappa shape index (κ3) is 4.04. The largest absolute Gasteiger partial charge is 0.381 e. The second kappa shape index (κ2) is 7.74.